The highest BCUT2D eigenvalue weighted by Gasteiger charge is 2.26. The van der Waals surface area contributed by atoms with Crippen LogP contribution in [0, 0.1) is 5.92 Å². The van der Waals surface area contributed by atoms with E-state index in [4.69, 9.17) is 0 Å². The average Bonchev–Trinajstić information content (AvgIpc) is 2.96. The summed E-state index contributed by atoms with van der Waals surface area (Å²) in [6.45, 7) is 6.71. The Morgan fingerprint density at radius 3 is 2.56 bits per heavy atom. The summed E-state index contributed by atoms with van der Waals surface area (Å²) in [5, 5.41) is 3.77. The number of anilines is 1. The predicted octanol–water partition coefficient (Wildman–Crippen LogP) is 8.85. The molecule has 4 aliphatic rings. The standard InChI is InChI=1S/C34H44N2/c1-26-11-8-9-23-36(33-22-19-29-14-6-7-15-31(29)25-33)24-10-16-34(27(26)2)35-32-20-17-30(18-21-32)28-12-4-3-5-13-28/h6-7,10-11,14-21,28,31,33,35H,3-5,8-9,12-13,22-25H2,1-2H3/b16-10-,26-11+,34-27-. The lowest BCUT2D eigenvalue weighted by atomic mass is 9.82. The van der Waals surface area contributed by atoms with E-state index in [1.165, 1.54) is 91.6 Å². The molecule has 1 heterocycles. The monoisotopic (exact) mass is 480 g/mol. The maximum atomic E-state index is 3.77. The van der Waals surface area contributed by atoms with Crippen molar-refractivity contribution in [3.05, 3.63) is 101 Å². The lowest BCUT2D eigenvalue weighted by Crippen LogP contribution is -2.39. The van der Waals surface area contributed by atoms with Crippen LogP contribution in [0.1, 0.15) is 83.1 Å². The SMILES string of the molecule is CC1=C(Nc2ccc(C3CCCCC3)cc2)\C=C/CN(C2CC=C3C=CC=CC3C2)CCC\C=C\1C. The molecule has 2 unspecified atom stereocenters. The van der Waals surface area contributed by atoms with Gasteiger partial charge in [0.1, 0.15) is 0 Å². The second-order valence-electron chi connectivity index (χ2n) is 11.2. The van der Waals surface area contributed by atoms with Gasteiger partial charge in [-0.25, -0.2) is 0 Å². The summed E-state index contributed by atoms with van der Waals surface area (Å²) in [6, 6.07) is 9.90. The van der Waals surface area contributed by atoms with Crippen molar-refractivity contribution in [1.82, 2.24) is 4.90 Å². The highest BCUT2D eigenvalue weighted by atomic mass is 15.1. The van der Waals surface area contributed by atoms with Crippen LogP contribution in [0.15, 0.2) is 95.3 Å². The van der Waals surface area contributed by atoms with Crippen LogP contribution in [0.25, 0.3) is 0 Å². The number of allylic oxidation sites excluding steroid dienone is 9. The first-order valence-electron chi connectivity index (χ1n) is 14.4. The number of fused-ring (bicyclic) bond motifs is 1. The van der Waals surface area contributed by atoms with Crippen LogP contribution in [0.3, 0.4) is 0 Å². The van der Waals surface area contributed by atoms with Gasteiger partial charge in [-0.1, -0.05) is 79.5 Å². The molecule has 36 heavy (non-hydrogen) atoms. The maximum absolute atomic E-state index is 3.77. The molecule has 2 heteroatoms. The minimum absolute atomic E-state index is 0.592. The molecule has 190 valence electrons. The summed E-state index contributed by atoms with van der Waals surface area (Å²) in [5.74, 6) is 1.35. The van der Waals surface area contributed by atoms with Crippen LogP contribution in [-0.4, -0.2) is 24.0 Å². The zero-order valence-electron chi connectivity index (χ0n) is 22.4. The van der Waals surface area contributed by atoms with Crippen molar-refractivity contribution in [3.8, 4) is 0 Å². The van der Waals surface area contributed by atoms with E-state index >= 15 is 0 Å². The van der Waals surface area contributed by atoms with E-state index in [0.717, 1.165) is 18.9 Å². The summed E-state index contributed by atoms with van der Waals surface area (Å²) in [7, 11) is 0. The van der Waals surface area contributed by atoms with Crippen LogP contribution in [-0.2, 0) is 0 Å². The number of hydrogen-bond donors (Lipinski definition) is 1. The van der Waals surface area contributed by atoms with Gasteiger partial charge in [0.05, 0.1) is 0 Å². The van der Waals surface area contributed by atoms with E-state index in [9.17, 15) is 0 Å². The van der Waals surface area contributed by atoms with E-state index in [2.05, 4.69) is 96.9 Å². The molecular formula is C34H44N2. The molecule has 0 spiro atoms. The molecule has 1 N–H and O–H groups in total. The van der Waals surface area contributed by atoms with Crippen LogP contribution in [0.4, 0.5) is 5.69 Å². The second kappa shape index (κ2) is 12.1. The number of hydrogen-bond acceptors (Lipinski definition) is 2. The minimum atomic E-state index is 0.592. The Balaban J connectivity index is 1.29. The summed E-state index contributed by atoms with van der Waals surface area (Å²) >= 11 is 0. The molecule has 5 rings (SSSR count). The van der Waals surface area contributed by atoms with E-state index in [1.807, 2.05) is 0 Å². The van der Waals surface area contributed by atoms with Gasteiger partial charge in [0.15, 0.2) is 0 Å². The van der Waals surface area contributed by atoms with Crippen LogP contribution >= 0.6 is 0 Å². The Labute approximate surface area is 219 Å². The van der Waals surface area contributed by atoms with Gasteiger partial charge >= 0.3 is 0 Å². The molecule has 3 aliphatic carbocycles. The Bertz CT molecular complexity index is 1070. The molecule has 0 aromatic heterocycles. The zero-order valence-corrected chi connectivity index (χ0v) is 22.4. The Hall–Kier alpha value is -2.58. The topological polar surface area (TPSA) is 15.3 Å². The number of nitrogens with one attached hydrogen (secondary N) is 1. The highest BCUT2D eigenvalue weighted by molar-refractivity contribution is 5.55. The van der Waals surface area contributed by atoms with Crippen LogP contribution in [0.2, 0.25) is 0 Å². The van der Waals surface area contributed by atoms with E-state index in [-0.39, 0.29) is 0 Å². The summed E-state index contributed by atoms with van der Waals surface area (Å²) in [5.41, 5.74) is 8.18. The summed E-state index contributed by atoms with van der Waals surface area (Å²) < 4.78 is 0. The van der Waals surface area contributed by atoms with Crippen LogP contribution in [0.5, 0.6) is 0 Å². The molecule has 2 nitrogen and oxygen atoms in total. The normalized spacial score (nSPS) is 30.5. The van der Waals surface area contributed by atoms with Crippen molar-refractivity contribution in [1.29, 1.82) is 0 Å². The predicted molar refractivity (Wildman–Crippen MR) is 155 cm³/mol. The van der Waals surface area contributed by atoms with Crippen molar-refractivity contribution >= 4 is 5.69 Å². The van der Waals surface area contributed by atoms with Gasteiger partial charge < -0.3 is 5.32 Å². The Morgan fingerprint density at radius 2 is 1.72 bits per heavy atom. The number of benzene rings is 1. The molecule has 0 amide bonds. The van der Waals surface area contributed by atoms with E-state index in [0.29, 0.717) is 12.0 Å². The first kappa shape index (κ1) is 25.1. The lowest BCUT2D eigenvalue weighted by Gasteiger charge is -2.36. The molecule has 0 bridgehead atoms. The second-order valence-corrected chi connectivity index (χ2v) is 11.2. The fourth-order valence-electron chi connectivity index (χ4n) is 6.39. The molecule has 1 aliphatic heterocycles. The van der Waals surface area contributed by atoms with Crippen molar-refractivity contribution in [2.45, 2.75) is 83.6 Å². The van der Waals surface area contributed by atoms with Gasteiger partial charge in [-0.15, -0.1) is 0 Å². The smallest absolute Gasteiger partial charge is 0.0413 e. The molecule has 0 radical (unpaired) electrons. The molecular weight excluding hydrogens is 436 g/mol. The van der Waals surface area contributed by atoms with Gasteiger partial charge in [-0.2, -0.15) is 0 Å². The number of rotatable bonds is 4. The Morgan fingerprint density at radius 1 is 0.889 bits per heavy atom. The summed E-state index contributed by atoms with van der Waals surface area (Å²) in [6.07, 6.45) is 30.4. The van der Waals surface area contributed by atoms with Crippen molar-refractivity contribution in [2.24, 2.45) is 5.92 Å². The fraction of sp³-hybridized carbons (Fsp3) is 0.471. The van der Waals surface area contributed by atoms with E-state index < -0.39 is 0 Å². The average molecular weight is 481 g/mol. The van der Waals surface area contributed by atoms with E-state index in [1.54, 1.807) is 0 Å². The van der Waals surface area contributed by atoms with Gasteiger partial charge in [0, 0.05) is 29.9 Å². The maximum Gasteiger partial charge on any atom is 0.0413 e. The van der Waals surface area contributed by atoms with Gasteiger partial charge in [0.2, 0.25) is 0 Å². The van der Waals surface area contributed by atoms with Crippen LogP contribution < -0.4 is 5.32 Å². The zero-order chi connectivity index (χ0) is 24.7. The third-order valence-electron chi connectivity index (χ3n) is 8.83. The van der Waals surface area contributed by atoms with Crippen molar-refractivity contribution in [2.75, 3.05) is 18.4 Å². The molecule has 2 atom stereocenters. The van der Waals surface area contributed by atoms with Gasteiger partial charge in [-0.3, -0.25) is 4.90 Å². The highest BCUT2D eigenvalue weighted by Crippen LogP contribution is 2.34. The molecule has 0 saturated heterocycles. The molecule has 1 aromatic carbocycles. The van der Waals surface area contributed by atoms with Crippen molar-refractivity contribution in [3.63, 3.8) is 0 Å². The molecule has 1 fully saturated rings. The van der Waals surface area contributed by atoms with Gasteiger partial charge in [0.25, 0.3) is 0 Å². The quantitative estimate of drug-likeness (QED) is 0.463. The lowest BCUT2D eigenvalue weighted by molar-refractivity contribution is 0.191. The first-order chi connectivity index (χ1) is 17.7. The third kappa shape index (κ3) is 6.21. The fourth-order valence-corrected chi connectivity index (χ4v) is 6.39. The Kier molecular flexibility index (Phi) is 8.43. The summed E-state index contributed by atoms with van der Waals surface area (Å²) in [4.78, 5) is 2.72. The van der Waals surface area contributed by atoms with Crippen molar-refractivity contribution < 1.29 is 0 Å². The minimum Gasteiger partial charge on any atom is -0.355 e. The number of nitrogens with zero attached hydrogens (tertiary/aromatic N) is 1. The molecule has 1 aromatic rings. The third-order valence-corrected chi connectivity index (χ3v) is 8.83. The largest absolute Gasteiger partial charge is 0.355 e. The molecule has 1 saturated carbocycles. The van der Waals surface area contributed by atoms with Gasteiger partial charge in [-0.05, 0) is 99.8 Å². The first-order valence-corrected chi connectivity index (χ1v) is 14.4.